The zero-order valence-corrected chi connectivity index (χ0v) is 15.0. The fraction of sp³-hybridized carbons (Fsp3) is 0.529. The van der Waals surface area contributed by atoms with Gasteiger partial charge in [-0.1, -0.05) is 35.9 Å². The van der Waals surface area contributed by atoms with Crippen molar-refractivity contribution in [1.29, 1.82) is 0 Å². The molecule has 1 aliphatic rings. The van der Waals surface area contributed by atoms with Crippen LogP contribution >= 0.6 is 11.6 Å². The topological polar surface area (TPSA) is 30.5 Å². The average molecular weight is 322 g/mol. The van der Waals surface area contributed by atoms with E-state index >= 15 is 0 Å². The van der Waals surface area contributed by atoms with Gasteiger partial charge in [0.05, 0.1) is 16.2 Å². The van der Waals surface area contributed by atoms with E-state index < -0.39 is 0 Å². The minimum Gasteiger partial charge on any atom is -0.400 e. The fourth-order valence-electron chi connectivity index (χ4n) is 2.38. The Morgan fingerprint density at radius 3 is 2.36 bits per heavy atom. The smallest absolute Gasteiger partial charge is 0.400 e. The molecule has 0 amide bonds. The number of aryl methyl sites for hydroxylation is 1. The molecule has 0 unspecified atom stereocenters. The van der Waals surface area contributed by atoms with Crippen LogP contribution < -0.4 is 5.32 Å². The third-order valence-electron chi connectivity index (χ3n) is 4.50. The molecule has 0 aliphatic carbocycles. The van der Waals surface area contributed by atoms with Crippen LogP contribution in [0.15, 0.2) is 23.7 Å². The molecule has 0 spiro atoms. The quantitative estimate of drug-likeness (QED) is 0.854. The molecule has 0 radical (unpaired) electrons. The standard InChI is InChI=1S/C17H25BClNO2/c1-12-8-7-9-13(15(12)19)10-14(11-20-6)18-21-16(2,3)17(4,5)22-18/h7-10,20H,11H2,1-6H3. The zero-order valence-electron chi connectivity index (χ0n) is 14.3. The lowest BCUT2D eigenvalue weighted by Crippen LogP contribution is -2.41. The monoisotopic (exact) mass is 321 g/mol. The predicted octanol–water partition coefficient (Wildman–Crippen LogP) is 3.88. The Kier molecular flexibility index (Phi) is 5.08. The van der Waals surface area contributed by atoms with Crippen LogP contribution in [0.25, 0.3) is 6.08 Å². The van der Waals surface area contributed by atoms with Gasteiger partial charge in [0.15, 0.2) is 0 Å². The highest BCUT2D eigenvalue weighted by Gasteiger charge is 2.52. The Bertz CT molecular complexity index is 568. The number of likely N-dealkylation sites (N-methyl/N-ethyl adjacent to an activating group) is 1. The van der Waals surface area contributed by atoms with E-state index in [0.29, 0.717) is 6.54 Å². The van der Waals surface area contributed by atoms with E-state index in [0.717, 1.165) is 21.6 Å². The van der Waals surface area contributed by atoms with Crippen molar-refractivity contribution in [2.45, 2.75) is 45.8 Å². The van der Waals surface area contributed by atoms with Gasteiger partial charge in [0.25, 0.3) is 0 Å². The molecule has 0 saturated carbocycles. The number of hydrogen-bond donors (Lipinski definition) is 1. The SMILES string of the molecule is CNCC(=Cc1cccc(C)c1Cl)B1OC(C)(C)C(C)(C)O1. The highest BCUT2D eigenvalue weighted by atomic mass is 35.5. The Morgan fingerprint density at radius 1 is 1.23 bits per heavy atom. The average Bonchev–Trinajstić information content (AvgIpc) is 2.63. The lowest BCUT2D eigenvalue weighted by atomic mass is 9.77. The Morgan fingerprint density at radius 2 is 1.82 bits per heavy atom. The molecule has 0 aromatic heterocycles. The summed E-state index contributed by atoms with van der Waals surface area (Å²) in [5.74, 6) is 0. The van der Waals surface area contributed by atoms with E-state index in [9.17, 15) is 0 Å². The van der Waals surface area contributed by atoms with Gasteiger partial charge in [-0.05, 0) is 58.3 Å². The second-order valence-electron chi connectivity index (χ2n) is 6.82. The van der Waals surface area contributed by atoms with E-state index in [4.69, 9.17) is 20.9 Å². The molecular weight excluding hydrogens is 296 g/mol. The van der Waals surface area contributed by atoms with E-state index in [1.807, 2.05) is 32.2 Å². The van der Waals surface area contributed by atoms with Crippen molar-refractivity contribution in [3.05, 3.63) is 39.8 Å². The van der Waals surface area contributed by atoms with E-state index in [2.05, 4.69) is 39.1 Å². The largest absolute Gasteiger partial charge is 0.491 e. The van der Waals surface area contributed by atoms with Crippen molar-refractivity contribution in [3.8, 4) is 0 Å². The molecule has 1 N–H and O–H groups in total. The summed E-state index contributed by atoms with van der Waals surface area (Å²) in [7, 11) is 1.55. The summed E-state index contributed by atoms with van der Waals surface area (Å²) in [5.41, 5.74) is 2.39. The van der Waals surface area contributed by atoms with Gasteiger partial charge in [-0.25, -0.2) is 0 Å². The first kappa shape index (κ1) is 17.5. The highest BCUT2D eigenvalue weighted by Crippen LogP contribution is 2.39. The van der Waals surface area contributed by atoms with Crippen molar-refractivity contribution in [1.82, 2.24) is 5.32 Å². The molecule has 1 aromatic carbocycles. The van der Waals surface area contributed by atoms with Crippen LogP contribution in [0.4, 0.5) is 0 Å². The lowest BCUT2D eigenvalue weighted by molar-refractivity contribution is 0.00578. The summed E-state index contributed by atoms with van der Waals surface area (Å²) in [6.45, 7) is 10.9. The normalized spacial score (nSPS) is 20.5. The summed E-state index contributed by atoms with van der Waals surface area (Å²) >= 11 is 6.41. The highest BCUT2D eigenvalue weighted by molar-refractivity contribution is 6.56. The first-order valence-electron chi connectivity index (χ1n) is 7.64. The van der Waals surface area contributed by atoms with Gasteiger partial charge >= 0.3 is 7.12 Å². The summed E-state index contributed by atoms with van der Waals surface area (Å²) in [4.78, 5) is 0. The minimum atomic E-state index is -0.367. The maximum atomic E-state index is 6.41. The van der Waals surface area contributed by atoms with Gasteiger partial charge in [-0.2, -0.15) is 0 Å². The molecule has 5 heteroatoms. The molecule has 1 heterocycles. The molecular formula is C17H25BClNO2. The molecule has 22 heavy (non-hydrogen) atoms. The first-order valence-corrected chi connectivity index (χ1v) is 8.01. The van der Waals surface area contributed by atoms with Crippen LogP contribution in [0.3, 0.4) is 0 Å². The summed E-state index contributed by atoms with van der Waals surface area (Å²) in [5, 5.41) is 3.95. The van der Waals surface area contributed by atoms with Crippen molar-refractivity contribution >= 4 is 24.8 Å². The number of halogens is 1. The molecule has 0 atom stereocenters. The summed E-state index contributed by atoms with van der Waals surface area (Å²) in [6, 6.07) is 6.02. The van der Waals surface area contributed by atoms with E-state index in [1.54, 1.807) is 0 Å². The zero-order chi connectivity index (χ0) is 16.5. The fourth-order valence-corrected chi connectivity index (χ4v) is 2.56. The van der Waals surface area contributed by atoms with Gasteiger partial charge in [0, 0.05) is 6.54 Å². The predicted molar refractivity (Wildman–Crippen MR) is 94.2 cm³/mol. The molecule has 1 fully saturated rings. The number of benzene rings is 1. The molecule has 1 saturated heterocycles. The third-order valence-corrected chi connectivity index (χ3v) is 5.02. The number of nitrogens with one attached hydrogen (secondary N) is 1. The van der Waals surface area contributed by atoms with Gasteiger partial charge in [0.2, 0.25) is 0 Å². The van der Waals surface area contributed by atoms with Gasteiger partial charge in [0.1, 0.15) is 0 Å². The summed E-state index contributed by atoms with van der Waals surface area (Å²) in [6.07, 6.45) is 2.06. The first-order chi connectivity index (χ1) is 10.2. The van der Waals surface area contributed by atoms with Gasteiger partial charge in [-0.15, -0.1) is 0 Å². The van der Waals surface area contributed by atoms with E-state index in [-0.39, 0.29) is 18.3 Å². The molecule has 1 aliphatic heterocycles. The van der Waals surface area contributed by atoms with Crippen LogP contribution in [0.5, 0.6) is 0 Å². The Hall–Kier alpha value is -0.805. The van der Waals surface area contributed by atoms with Crippen molar-refractivity contribution in [3.63, 3.8) is 0 Å². The van der Waals surface area contributed by atoms with Gasteiger partial charge in [-0.3, -0.25) is 0 Å². The molecule has 0 bridgehead atoms. The summed E-state index contributed by atoms with van der Waals surface area (Å²) < 4.78 is 12.3. The van der Waals surface area contributed by atoms with E-state index in [1.165, 1.54) is 0 Å². The van der Waals surface area contributed by atoms with Crippen LogP contribution in [0.1, 0.15) is 38.8 Å². The second-order valence-corrected chi connectivity index (χ2v) is 7.19. The number of rotatable bonds is 4. The number of hydrogen-bond acceptors (Lipinski definition) is 3. The third kappa shape index (κ3) is 3.41. The lowest BCUT2D eigenvalue weighted by Gasteiger charge is -2.32. The Labute approximate surface area is 139 Å². The molecule has 2 rings (SSSR count). The van der Waals surface area contributed by atoms with Gasteiger partial charge < -0.3 is 14.6 Å². The van der Waals surface area contributed by atoms with Crippen LogP contribution in [0, 0.1) is 6.92 Å². The van der Waals surface area contributed by atoms with Crippen LogP contribution in [-0.4, -0.2) is 31.9 Å². The minimum absolute atomic E-state index is 0.346. The maximum absolute atomic E-state index is 6.41. The maximum Gasteiger partial charge on any atom is 0.491 e. The molecule has 3 nitrogen and oxygen atoms in total. The second kappa shape index (κ2) is 6.36. The van der Waals surface area contributed by atoms with Crippen LogP contribution in [-0.2, 0) is 9.31 Å². The van der Waals surface area contributed by atoms with Crippen molar-refractivity contribution < 1.29 is 9.31 Å². The van der Waals surface area contributed by atoms with Crippen molar-refractivity contribution in [2.24, 2.45) is 0 Å². The molecule has 120 valence electrons. The van der Waals surface area contributed by atoms with Crippen molar-refractivity contribution in [2.75, 3.05) is 13.6 Å². The molecule has 1 aromatic rings. The van der Waals surface area contributed by atoms with Crippen LogP contribution in [0.2, 0.25) is 5.02 Å². The Balaban J connectivity index is 2.35.